The third-order valence-electron chi connectivity index (χ3n) is 6.51. The lowest BCUT2D eigenvalue weighted by molar-refractivity contribution is 0.0666. The van der Waals surface area contributed by atoms with Crippen LogP contribution in [0, 0.1) is 5.82 Å². The minimum Gasteiger partial charge on any atom is -0.477 e. The molecule has 3 aromatic rings. The van der Waals surface area contributed by atoms with E-state index in [1.807, 2.05) is 13.8 Å². The van der Waals surface area contributed by atoms with E-state index in [9.17, 15) is 23.9 Å². The number of pyridine rings is 1. The second kappa shape index (κ2) is 10.6. The minimum absolute atomic E-state index is 0.0248. The van der Waals surface area contributed by atoms with E-state index >= 15 is 0 Å². The van der Waals surface area contributed by atoms with Gasteiger partial charge in [-0.05, 0) is 43.7 Å². The number of aromatic carboxylic acids is 1. The number of amides is 1. The van der Waals surface area contributed by atoms with Crippen LogP contribution in [0.5, 0.6) is 0 Å². The van der Waals surface area contributed by atoms with E-state index in [-0.39, 0.29) is 35.3 Å². The zero-order valence-corrected chi connectivity index (χ0v) is 22.0. The molecule has 37 heavy (non-hydrogen) atoms. The van der Waals surface area contributed by atoms with Crippen LogP contribution in [-0.2, 0) is 20.0 Å². The van der Waals surface area contributed by atoms with Gasteiger partial charge in [-0.1, -0.05) is 23.2 Å². The van der Waals surface area contributed by atoms with Gasteiger partial charge in [0.05, 0.1) is 28.3 Å². The largest absolute Gasteiger partial charge is 0.477 e. The third kappa shape index (κ3) is 5.41. The van der Waals surface area contributed by atoms with Crippen molar-refractivity contribution < 1.29 is 19.1 Å². The van der Waals surface area contributed by atoms with E-state index in [0.717, 1.165) is 0 Å². The summed E-state index contributed by atoms with van der Waals surface area (Å²) in [5.41, 5.74) is 1.40. The number of carboxylic acids is 1. The number of hydrogen-bond acceptors (Lipinski definition) is 5. The maximum atomic E-state index is 13.9. The first-order valence-electron chi connectivity index (χ1n) is 11.6. The van der Waals surface area contributed by atoms with Gasteiger partial charge in [-0.2, -0.15) is 5.10 Å². The molecule has 0 fully saturated rings. The van der Waals surface area contributed by atoms with Gasteiger partial charge in [0.2, 0.25) is 0 Å². The molecule has 1 amide bonds. The van der Waals surface area contributed by atoms with Crippen LogP contribution < -0.4 is 10.9 Å². The highest BCUT2D eigenvalue weighted by Gasteiger charge is 2.32. The van der Waals surface area contributed by atoms with E-state index in [1.165, 1.54) is 28.4 Å². The van der Waals surface area contributed by atoms with E-state index < -0.39 is 17.3 Å². The Morgan fingerprint density at radius 3 is 2.59 bits per heavy atom. The maximum absolute atomic E-state index is 13.9. The van der Waals surface area contributed by atoms with Crippen molar-refractivity contribution in [2.75, 3.05) is 13.1 Å². The van der Waals surface area contributed by atoms with Crippen LogP contribution in [0.15, 0.2) is 35.3 Å². The lowest BCUT2D eigenvalue weighted by atomic mass is 10.0. The van der Waals surface area contributed by atoms with Gasteiger partial charge in [0.15, 0.2) is 11.5 Å². The molecule has 3 heterocycles. The standard InChI is InChI=1S/C25H26Cl2FN5O4/c1-13(10-29-14(2)16-9-20(28)24(35)31(3)11-16)33-22(25(36)37)17-12-32(7-6-21(17)30-33)23(34)15-4-5-18(26)19(27)8-15/h4-5,8-9,11,13-14,29H,6-7,10,12H2,1-3H3,(H,36,37)/t13-,14?/m1/s1. The van der Waals surface area contributed by atoms with Crippen molar-refractivity contribution in [1.82, 2.24) is 24.6 Å². The fourth-order valence-corrected chi connectivity index (χ4v) is 4.71. The number of hydrogen-bond donors (Lipinski definition) is 2. The number of carboxylic acid groups (broad SMARTS) is 1. The molecule has 196 valence electrons. The third-order valence-corrected chi connectivity index (χ3v) is 7.25. The number of aryl methyl sites for hydroxylation is 1. The molecule has 0 radical (unpaired) electrons. The van der Waals surface area contributed by atoms with Crippen molar-refractivity contribution >= 4 is 35.1 Å². The van der Waals surface area contributed by atoms with Gasteiger partial charge in [0, 0.05) is 49.9 Å². The predicted octanol–water partition coefficient (Wildman–Crippen LogP) is 3.84. The number of benzene rings is 1. The number of carbonyl (C=O) groups excluding carboxylic acids is 1. The summed E-state index contributed by atoms with van der Waals surface area (Å²) in [6.07, 6.45) is 1.96. The fraction of sp³-hybridized carbons (Fsp3) is 0.360. The Labute approximate surface area is 222 Å². The molecular formula is C25H26Cl2FN5O4. The van der Waals surface area contributed by atoms with Crippen molar-refractivity contribution in [3.63, 3.8) is 0 Å². The average Bonchev–Trinajstić information content (AvgIpc) is 3.25. The van der Waals surface area contributed by atoms with Crippen LogP contribution in [0.4, 0.5) is 4.39 Å². The summed E-state index contributed by atoms with van der Waals surface area (Å²) < 4.78 is 16.5. The van der Waals surface area contributed by atoms with E-state index in [0.29, 0.717) is 46.9 Å². The van der Waals surface area contributed by atoms with Crippen molar-refractivity contribution in [3.8, 4) is 0 Å². The van der Waals surface area contributed by atoms with Gasteiger partial charge in [-0.15, -0.1) is 0 Å². The Hall–Kier alpha value is -3.21. The summed E-state index contributed by atoms with van der Waals surface area (Å²) in [7, 11) is 1.48. The van der Waals surface area contributed by atoms with E-state index in [1.54, 1.807) is 23.2 Å². The predicted molar refractivity (Wildman–Crippen MR) is 137 cm³/mol. The molecule has 0 aliphatic carbocycles. The Balaban J connectivity index is 1.52. The molecule has 4 rings (SSSR count). The highest BCUT2D eigenvalue weighted by atomic mass is 35.5. The van der Waals surface area contributed by atoms with Gasteiger partial charge in [-0.3, -0.25) is 14.3 Å². The monoisotopic (exact) mass is 549 g/mol. The quantitative estimate of drug-likeness (QED) is 0.463. The van der Waals surface area contributed by atoms with Crippen LogP contribution in [0.3, 0.4) is 0 Å². The number of fused-ring (bicyclic) bond motifs is 1. The average molecular weight is 550 g/mol. The highest BCUT2D eigenvalue weighted by molar-refractivity contribution is 6.42. The van der Waals surface area contributed by atoms with Crippen molar-refractivity contribution in [2.24, 2.45) is 7.05 Å². The molecule has 0 spiro atoms. The normalized spacial score (nSPS) is 14.8. The SMILES string of the molecule is CC(NC[C@@H](C)n1nc2c(c1C(=O)O)CN(C(=O)c1ccc(Cl)c(Cl)c1)CC2)c1cc(F)c(=O)n(C)c1. The number of carbonyl (C=O) groups is 2. The van der Waals surface area contributed by atoms with Gasteiger partial charge in [0.1, 0.15) is 0 Å². The molecule has 1 aliphatic rings. The zero-order valence-electron chi connectivity index (χ0n) is 20.5. The Morgan fingerprint density at radius 1 is 1.22 bits per heavy atom. The van der Waals surface area contributed by atoms with Gasteiger partial charge < -0.3 is 19.9 Å². The summed E-state index contributed by atoms with van der Waals surface area (Å²) in [6, 6.07) is 5.15. The first-order valence-corrected chi connectivity index (χ1v) is 12.4. The molecule has 0 bridgehead atoms. The number of rotatable bonds is 7. The second-order valence-corrected chi connectivity index (χ2v) is 9.96. The Kier molecular flexibility index (Phi) is 7.72. The molecule has 2 atom stereocenters. The van der Waals surface area contributed by atoms with Gasteiger partial charge >= 0.3 is 5.97 Å². The molecule has 1 aliphatic heterocycles. The molecule has 1 unspecified atom stereocenters. The van der Waals surface area contributed by atoms with Crippen LogP contribution in [-0.4, -0.2) is 49.3 Å². The lowest BCUT2D eigenvalue weighted by Crippen LogP contribution is -2.36. The van der Waals surface area contributed by atoms with Crippen LogP contribution >= 0.6 is 23.2 Å². The first kappa shape index (κ1) is 26.8. The molecule has 0 saturated heterocycles. The number of nitrogens with one attached hydrogen (secondary N) is 1. The van der Waals surface area contributed by atoms with Gasteiger partial charge in [-0.25, -0.2) is 9.18 Å². The number of aromatic nitrogens is 3. The maximum Gasteiger partial charge on any atom is 0.354 e. The summed E-state index contributed by atoms with van der Waals surface area (Å²) in [6.45, 7) is 4.46. The summed E-state index contributed by atoms with van der Waals surface area (Å²) in [5, 5.41) is 18.4. The van der Waals surface area contributed by atoms with Crippen molar-refractivity contribution in [1.29, 1.82) is 0 Å². The summed E-state index contributed by atoms with van der Waals surface area (Å²) >= 11 is 12.0. The molecule has 2 N–H and O–H groups in total. The first-order chi connectivity index (χ1) is 17.5. The second-order valence-electron chi connectivity index (χ2n) is 9.15. The van der Waals surface area contributed by atoms with Crippen LogP contribution in [0.1, 0.15) is 63.6 Å². The topological polar surface area (TPSA) is 109 Å². The molecule has 0 saturated carbocycles. The Bertz CT molecular complexity index is 1410. The fourth-order valence-electron chi connectivity index (χ4n) is 4.41. The molecule has 9 nitrogen and oxygen atoms in total. The Morgan fingerprint density at radius 2 is 1.95 bits per heavy atom. The highest BCUT2D eigenvalue weighted by Crippen LogP contribution is 2.28. The molecule has 1 aromatic carbocycles. The van der Waals surface area contributed by atoms with Gasteiger partial charge in [0.25, 0.3) is 11.5 Å². The van der Waals surface area contributed by atoms with Crippen molar-refractivity contribution in [2.45, 2.75) is 38.9 Å². The number of nitrogens with zero attached hydrogens (tertiary/aromatic N) is 4. The summed E-state index contributed by atoms with van der Waals surface area (Å²) in [5.74, 6) is -2.26. The van der Waals surface area contributed by atoms with E-state index in [4.69, 9.17) is 23.2 Å². The van der Waals surface area contributed by atoms with Crippen LogP contribution in [0.25, 0.3) is 0 Å². The molecule has 2 aromatic heterocycles. The van der Waals surface area contributed by atoms with E-state index in [2.05, 4.69) is 10.4 Å². The number of halogens is 3. The summed E-state index contributed by atoms with van der Waals surface area (Å²) in [4.78, 5) is 38.5. The smallest absolute Gasteiger partial charge is 0.354 e. The molecular weight excluding hydrogens is 524 g/mol. The van der Waals surface area contributed by atoms with Crippen LogP contribution in [0.2, 0.25) is 10.0 Å². The minimum atomic E-state index is -1.14. The lowest BCUT2D eigenvalue weighted by Gasteiger charge is -2.27. The molecule has 12 heteroatoms. The zero-order chi connectivity index (χ0) is 27.0. The van der Waals surface area contributed by atoms with Crippen molar-refractivity contribution in [3.05, 3.63) is 84.8 Å².